The van der Waals surface area contributed by atoms with Gasteiger partial charge in [0.2, 0.25) is 0 Å². The number of likely N-dealkylation sites (N-methyl/N-ethyl adjacent to an activating group) is 1. The van der Waals surface area contributed by atoms with Crippen LogP contribution >= 0.6 is 0 Å². The number of nitrogens with one attached hydrogen (secondary N) is 1. The predicted octanol–water partition coefficient (Wildman–Crippen LogP) is 2.26. The number of unbranched alkanes of at least 4 members (excludes halogenated alkanes) is 1. The molecular weight excluding hydrogens is 205 g/mol. The SMILES string of the molecule is CCCCNCC(C)N(C)CC(F)(F)F. The van der Waals surface area contributed by atoms with Gasteiger partial charge < -0.3 is 5.32 Å². The van der Waals surface area contributed by atoms with E-state index in [2.05, 4.69) is 12.2 Å². The van der Waals surface area contributed by atoms with Crippen molar-refractivity contribution in [3.63, 3.8) is 0 Å². The highest BCUT2D eigenvalue weighted by molar-refractivity contribution is 4.69. The zero-order valence-electron chi connectivity index (χ0n) is 9.69. The molecule has 92 valence electrons. The van der Waals surface area contributed by atoms with Gasteiger partial charge in [0.05, 0.1) is 6.54 Å². The summed E-state index contributed by atoms with van der Waals surface area (Å²) in [4.78, 5) is 1.32. The summed E-state index contributed by atoms with van der Waals surface area (Å²) >= 11 is 0. The fraction of sp³-hybridized carbons (Fsp3) is 1.00. The second-order valence-electron chi connectivity index (χ2n) is 3.94. The van der Waals surface area contributed by atoms with E-state index < -0.39 is 12.7 Å². The summed E-state index contributed by atoms with van der Waals surface area (Å²) in [6, 6.07) is -0.0940. The largest absolute Gasteiger partial charge is 0.401 e. The van der Waals surface area contributed by atoms with Gasteiger partial charge in [-0.15, -0.1) is 0 Å². The Labute approximate surface area is 89.8 Å². The summed E-state index contributed by atoms with van der Waals surface area (Å²) in [5, 5.41) is 3.14. The van der Waals surface area contributed by atoms with Gasteiger partial charge in [0.15, 0.2) is 0 Å². The standard InChI is InChI=1S/C10H21F3N2/c1-4-5-6-14-7-9(2)15(3)8-10(11,12)13/h9,14H,4-8H2,1-3H3. The summed E-state index contributed by atoms with van der Waals surface area (Å²) in [5.74, 6) is 0. The number of halogens is 3. The van der Waals surface area contributed by atoms with E-state index in [9.17, 15) is 13.2 Å². The number of hydrogen-bond acceptors (Lipinski definition) is 2. The molecule has 0 aromatic carbocycles. The molecule has 1 atom stereocenters. The van der Waals surface area contributed by atoms with Crippen LogP contribution in [0.1, 0.15) is 26.7 Å². The van der Waals surface area contributed by atoms with Gasteiger partial charge in [0.1, 0.15) is 0 Å². The maximum absolute atomic E-state index is 12.0. The van der Waals surface area contributed by atoms with Crippen molar-refractivity contribution in [3.05, 3.63) is 0 Å². The van der Waals surface area contributed by atoms with Crippen LogP contribution in [0.2, 0.25) is 0 Å². The molecule has 0 aliphatic heterocycles. The summed E-state index contributed by atoms with van der Waals surface area (Å²) in [7, 11) is 1.50. The first-order chi connectivity index (χ1) is 6.87. The Morgan fingerprint density at radius 3 is 2.40 bits per heavy atom. The number of nitrogens with zero attached hydrogens (tertiary/aromatic N) is 1. The number of rotatable bonds is 7. The quantitative estimate of drug-likeness (QED) is 0.670. The van der Waals surface area contributed by atoms with E-state index in [0.717, 1.165) is 19.4 Å². The molecule has 0 spiro atoms. The van der Waals surface area contributed by atoms with E-state index in [-0.39, 0.29) is 6.04 Å². The fourth-order valence-electron chi connectivity index (χ4n) is 1.21. The van der Waals surface area contributed by atoms with Gasteiger partial charge in [-0.3, -0.25) is 4.90 Å². The zero-order chi connectivity index (χ0) is 11.9. The van der Waals surface area contributed by atoms with Crippen LogP contribution in [0.25, 0.3) is 0 Å². The van der Waals surface area contributed by atoms with Gasteiger partial charge in [-0.25, -0.2) is 0 Å². The van der Waals surface area contributed by atoms with Crippen molar-refractivity contribution in [1.29, 1.82) is 0 Å². The van der Waals surface area contributed by atoms with E-state index in [1.807, 2.05) is 0 Å². The molecule has 0 amide bonds. The molecule has 0 aromatic rings. The highest BCUT2D eigenvalue weighted by atomic mass is 19.4. The first kappa shape index (κ1) is 14.7. The lowest BCUT2D eigenvalue weighted by Gasteiger charge is -2.25. The minimum absolute atomic E-state index is 0.0940. The Balaban J connectivity index is 3.65. The second kappa shape index (κ2) is 7.06. The second-order valence-corrected chi connectivity index (χ2v) is 3.94. The molecule has 0 aliphatic rings. The first-order valence-electron chi connectivity index (χ1n) is 5.34. The van der Waals surface area contributed by atoms with Crippen LogP contribution < -0.4 is 5.32 Å². The topological polar surface area (TPSA) is 15.3 Å². The highest BCUT2D eigenvalue weighted by Gasteiger charge is 2.30. The Bertz CT molecular complexity index is 159. The molecule has 0 saturated heterocycles. The van der Waals surface area contributed by atoms with Crippen LogP contribution in [0.3, 0.4) is 0 Å². The Hall–Kier alpha value is -0.290. The van der Waals surface area contributed by atoms with Gasteiger partial charge in [0.25, 0.3) is 0 Å². The van der Waals surface area contributed by atoms with E-state index in [1.165, 1.54) is 11.9 Å². The van der Waals surface area contributed by atoms with Gasteiger partial charge >= 0.3 is 6.18 Å². The van der Waals surface area contributed by atoms with Gasteiger partial charge in [-0.05, 0) is 26.9 Å². The third-order valence-corrected chi connectivity index (χ3v) is 2.33. The molecule has 15 heavy (non-hydrogen) atoms. The Morgan fingerprint density at radius 1 is 1.33 bits per heavy atom. The molecule has 0 bridgehead atoms. The average Bonchev–Trinajstić information content (AvgIpc) is 2.09. The minimum atomic E-state index is -4.10. The summed E-state index contributed by atoms with van der Waals surface area (Å²) < 4.78 is 36.1. The molecule has 2 nitrogen and oxygen atoms in total. The van der Waals surface area contributed by atoms with Crippen LogP contribution in [0.15, 0.2) is 0 Å². The Morgan fingerprint density at radius 2 is 1.93 bits per heavy atom. The van der Waals surface area contributed by atoms with Gasteiger partial charge in [0, 0.05) is 12.6 Å². The molecular formula is C10H21F3N2. The lowest BCUT2D eigenvalue weighted by atomic mass is 10.2. The molecule has 1 N–H and O–H groups in total. The molecule has 0 saturated carbocycles. The van der Waals surface area contributed by atoms with Crippen LogP contribution in [-0.2, 0) is 0 Å². The van der Waals surface area contributed by atoms with Crippen LogP contribution in [0, 0.1) is 0 Å². The van der Waals surface area contributed by atoms with Crippen molar-refractivity contribution < 1.29 is 13.2 Å². The van der Waals surface area contributed by atoms with E-state index in [0.29, 0.717) is 6.54 Å². The van der Waals surface area contributed by atoms with Crippen LogP contribution in [-0.4, -0.2) is 43.8 Å². The zero-order valence-corrected chi connectivity index (χ0v) is 9.69. The Kier molecular flexibility index (Phi) is 6.92. The van der Waals surface area contributed by atoms with E-state index >= 15 is 0 Å². The molecule has 5 heteroatoms. The van der Waals surface area contributed by atoms with Crippen molar-refractivity contribution in [3.8, 4) is 0 Å². The van der Waals surface area contributed by atoms with Crippen molar-refractivity contribution in [1.82, 2.24) is 10.2 Å². The van der Waals surface area contributed by atoms with Gasteiger partial charge in [-0.2, -0.15) is 13.2 Å². The third kappa shape index (κ3) is 8.69. The smallest absolute Gasteiger partial charge is 0.315 e. The maximum Gasteiger partial charge on any atom is 0.401 e. The molecule has 0 aromatic heterocycles. The lowest BCUT2D eigenvalue weighted by Crippen LogP contribution is -2.42. The third-order valence-electron chi connectivity index (χ3n) is 2.33. The predicted molar refractivity (Wildman–Crippen MR) is 55.9 cm³/mol. The van der Waals surface area contributed by atoms with Crippen molar-refractivity contribution in [2.24, 2.45) is 0 Å². The number of hydrogen-bond donors (Lipinski definition) is 1. The monoisotopic (exact) mass is 226 g/mol. The minimum Gasteiger partial charge on any atom is -0.315 e. The normalized spacial score (nSPS) is 14.6. The average molecular weight is 226 g/mol. The maximum atomic E-state index is 12.0. The van der Waals surface area contributed by atoms with E-state index in [1.54, 1.807) is 6.92 Å². The van der Waals surface area contributed by atoms with Crippen LogP contribution in [0.4, 0.5) is 13.2 Å². The summed E-state index contributed by atoms with van der Waals surface area (Å²) in [6.45, 7) is 4.52. The number of alkyl halides is 3. The molecule has 0 rings (SSSR count). The summed E-state index contributed by atoms with van der Waals surface area (Å²) in [5.41, 5.74) is 0. The van der Waals surface area contributed by atoms with E-state index in [4.69, 9.17) is 0 Å². The first-order valence-corrected chi connectivity index (χ1v) is 5.34. The molecule has 0 radical (unpaired) electrons. The molecule has 1 unspecified atom stereocenters. The molecule has 0 heterocycles. The summed E-state index contributed by atoms with van der Waals surface area (Å²) in [6.07, 6.45) is -1.94. The molecule has 0 aliphatic carbocycles. The molecule has 0 fully saturated rings. The van der Waals surface area contributed by atoms with Crippen LogP contribution in [0.5, 0.6) is 0 Å². The highest BCUT2D eigenvalue weighted by Crippen LogP contribution is 2.16. The van der Waals surface area contributed by atoms with Gasteiger partial charge in [-0.1, -0.05) is 13.3 Å². The lowest BCUT2D eigenvalue weighted by molar-refractivity contribution is -0.146. The fourth-order valence-corrected chi connectivity index (χ4v) is 1.21. The van der Waals surface area contributed by atoms with Crippen molar-refractivity contribution in [2.45, 2.75) is 38.9 Å². The van der Waals surface area contributed by atoms with Crippen molar-refractivity contribution in [2.75, 3.05) is 26.7 Å². The van der Waals surface area contributed by atoms with Crippen molar-refractivity contribution >= 4 is 0 Å².